The average molecular weight is 509 g/mol. The molecule has 4 nitrogen and oxygen atoms in total. The second kappa shape index (κ2) is 11.8. The molecule has 0 aliphatic rings. The van der Waals surface area contributed by atoms with Gasteiger partial charge in [-0.1, -0.05) is 32.8 Å². The van der Waals surface area contributed by atoms with Gasteiger partial charge in [-0.05, 0) is 78.9 Å². The Kier molecular flexibility index (Phi) is 9.05. The molecule has 190 valence electrons. The first-order valence-corrected chi connectivity index (χ1v) is 12.7. The van der Waals surface area contributed by atoms with Crippen LogP contribution in [-0.4, -0.2) is 24.3 Å². The molecular formula is C27H31F3O4S. The lowest BCUT2D eigenvalue weighted by Crippen LogP contribution is -2.10. The van der Waals surface area contributed by atoms with Gasteiger partial charge in [-0.3, -0.25) is 0 Å². The molecule has 0 saturated carbocycles. The lowest BCUT2D eigenvalue weighted by molar-refractivity contribution is -0.139. The third-order valence-electron chi connectivity index (χ3n) is 6.08. The highest BCUT2D eigenvalue weighted by atomic mass is 32.1. The highest BCUT2D eigenvalue weighted by Gasteiger charge is 2.31. The second-order valence-electron chi connectivity index (χ2n) is 8.58. The third kappa shape index (κ3) is 6.90. The van der Waals surface area contributed by atoms with Gasteiger partial charge in [-0.2, -0.15) is 13.2 Å². The first-order valence-electron chi connectivity index (χ1n) is 11.8. The van der Waals surface area contributed by atoms with Gasteiger partial charge in [0.25, 0.3) is 0 Å². The number of alkyl halides is 3. The van der Waals surface area contributed by atoms with Gasteiger partial charge >= 0.3 is 12.1 Å². The molecule has 1 atom stereocenters. The smallest absolute Gasteiger partial charge is 0.416 e. The molecule has 0 bridgehead atoms. The van der Waals surface area contributed by atoms with Crippen molar-refractivity contribution in [3.63, 3.8) is 0 Å². The van der Waals surface area contributed by atoms with Gasteiger partial charge in [-0.15, -0.1) is 11.3 Å². The number of benzene rings is 2. The number of carbonyl (C=O) groups is 1. The zero-order chi connectivity index (χ0) is 25.6. The molecule has 3 aromatic rings. The Morgan fingerprint density at radius 3 is 2.51 bits per heavy atom. The number of carboxylic acids is 1. The molecule has 1 unspecified atom stereocenters. The van der Waals surface area contributed by atoms with Crippen molar-refractivity contribution in [3.8, 4) is 11.5 Å². The van der Waals surface area contributed by atoms with E-state index in [-0.39, 0.29) is 5.92 Å². The number of aryl methyl sites for hydroxylation is 2. The fraction of sp³-hybridized carbons (Fsp3) is 0.444. The molecule has 1 aromatic heterocycles. The van der Waals surface area contributed by atoms with Crippen LogP contribution in [0.2, 0.25) is 0 Å². The van der Waals surface area contributed by atoms with Gasteiger partial charge in [-0.25, -0.2) is 4.79 Å². The average Bonchev–Trinajstić information content (AvgIpc) is 3.15. The maximum Gasteiger partial charge on any atom is 0.416 e. The summed E-state index contributed by atoms with van der Waals surface area (Å²) in [6.45, 7) is 6.15. The van der Waals surface area contributed by atoms with Crippen LogP contribution < -0.4 is 9.47 Å². The summed E-state index contributed by atoms with van der Waals surface area (Å²) in [4.78, 5) is 11.9. The number of hydrogen-bond donors (Lipinski definition) is 1. The minimum Gasteiger partial charge on any atom is -0.494 e. The van der Waals surface area contributed by atoms with Crippen molar-refractivity contribution in [1.29, 1.82) is 0 Å². The van der Waals surface area contributed by atoms with E-state index in [0.717, 1.165) is 53.1 Å². The number of ether oxygens (including phenoxy) is 2. The predicted molar refractivity (Wildman–Crippen MR) is 133 cm³/mol. The van der Waals surface area contributed by atoms with Gasteiger partial charge in [0.05, 0.1) is 12.2 Å². The molecule has 0 spiro atoms. The van der Waals surface area contributed by atoms with Crippen LogP contribution in [-0.2, 0) is 17.4 Å². The van der Waals surface area contributed by atoms with E-state index in [2.05, 4.69) is 6.92 Å². The first kappa shape index (κ1) is 26.9. The van der Waals surface area contributed by atoms with Crippen molar-refractivity contribution in [2.24, 2.45) is 0 Å². The molecule has 1 heterocycles. The molecule has 2 aromatic carbocycles. The maximum atomic E-state index is 13.2. The van der Waals surface area contributed by atoms with Crippen molar-refractivity contribution in [2.75, 3.05) is 13.2 Å². The number of aliphatic carboxylic acids is 1. The maximum absolute atomic E-state index is 13.2. The SMILES string of the molecule is CCCCC(CCOc1ccc(OCC(=O)O)c(CC)c1)c1sc2cc(C(F)(F)F)ccc2c1C. The Balaban J connectivity index is 1.75. The molecule has 0 radical (unpaired) electrons. The van der Waals surface area contributed by atoms with E-state index in [4.69, 9.17) is 14.6 Å². The fourth-order valence-corrected chi connectivity index (χ4v) is 5.61. The van der Waals surface area contributed by atoms with Gasteiger partial charge in [0.15, 0.2) is 6.61 Å². The Morgan fingerprint density at radius 2 is 1.86 bits per heavy atom. The summed E-state index contributed by atoms with van der Waals surface area (Å²) < 4.78 is 51.6. The number of halogens is 3. The van der Waals surface area contributed by atoms with Crippen molar-refractivity contribution >= 4 is 27.4 Å². The van der Waals surface area contributed by atoms with E-state index in [9.17, 15) is 18.0 Å². The summed E-state index contributed by atoms with van der Waals surface area (Å²) >= 11 is 1.45. The Hall–Kier alpha value is -2.74. The van der Waals surface area contributed by atoms with E-state index in [0.29, 0.717) is 29.2 Å². The van der Waals surface area contributed by atoms with E-state index >= 15 is 0 Å². The second-order valence-corrected chi connectivity index (χ2v) is 9.67. The molecule has 0 saturated heterocycles. The number of unbranched alkanes of at least 4 members (excludes halogenated alkanes) is 1. The molecule has 0 amide bonds. The molecule has 0 aliphatic carbocycles. The molecule has 8 heteroatoms. The third-order valence-corrected chi connectivity index (χ3v) is 7.50. The number of carboxylic acid groups (broad SMARTS) is 1. The number of thiophene rings is 1. The minimum absolute atomic E-state index is 0.200. The Bertz CT molecular complexity index is 1150. The van der Waals surface area contributed by atoms with Crippen LogP contribution in [0, 0.1) is 6.92 Å². The van der Waals surface area contributed by atoms with E-state index in [1.807, 2.05) is 19.9 Å². The Labute approximate surface area is 207 Å². The van der Waals surface area contributed by atoms with Gasteiger partial charge in [0.2, 0.25) is 0 Å². The quantitative estimate of drug-likeness (QED) is 0.269. The lowest BCUT2D eigenvalue weighted by atomic mass is 9.94. The molecular weight excluding hydrogens is 477 g/mol. The van der Waals surface area contributed by atoms with Crippen LogP contribution in [0.25, 0.3) is 10.1 Å². The van der Waals surface area contributed by atoms with Crippen molar-refractivity contribution in [3.05, 3.63) is 58.0 Å². The summed E-state index contributed by atoms with van der Waals surface area (Å²) in [7, 11) is 0. The normalized spacial score (nSPS) is 12.6. The van der Waals surface area contributed by atoms with Crippen LogP contribution in [0.5, 0.6) is 11.5 Å². The van der Waals surface area contributed by atoms with Crippen LogP contribution in [0.1, 0.15) is 67.0 Å². The topological polar surface area (TPSA) is 55.8 Å². The minimum atomic E-state index is -4.35. The zero-order valence-corrected chi connectivity index (χ0v) is 21.0. The van der Waals surface area contributed by atoms with E-state index < -0.39 is 24.3 Å². The van der Waals surface area contributed by atoms with Crippen molar-refractivity contribution in [1.82, 2.24) is 0 Å². The Morgan fingerprint density at radius 1 is 1.09 bits per heavy atom. The van der Waals surface area contributed by atoms with Gasteiger partial charge < -0.3 is 14.6 Å². The monoisotopic (exact) mass is 508 g/mol. The van der Waals surface area contributed by atoms with Gasteiger partial charge in [0, 0.05) is 9.58 Å². The highest BCUT2D eigenvalue weighted by molar-refractivity contribution is 7.19. The summed E-state index contributed by atoms with van der Waals surface area (Å²) in [6, 6.07) is 9.35. The summed E-state index contributed by atoms with van der Waals surface area (Å²) in [6.07, 6.45) is 0.0820. The molecule has 35 heavy (non-hydrogen) atoms. The fourth-order valence-electron chi connectivity index (χ4n) is 4.19. The van der Waals surface area contributed by atoms with E-state index in [1.54, 1.807) is 18.2 Å². The zero-order valence-electron chi connectivity index (χ0n) is 20.2. The summed E-state index contributed by atoms with van der Waals surface area (Å²) in [5.41, 5.74) is 1.30. The summed E-state index contributed by atoms with van der Waals surface area (Å²) in [5, 5.41) is 9.71. The number of hydrogen-bond acceptors (Lipinski definition) is 4. The molecule has 0 aliphatic heterocycles. The van der Waals surface area contributed by atoms with Crippen molar-refractivity contribution < 1.29 is 32.5 Å². The largest absolute Gasteiger partial charge is 0.494 e. The van der Waals surface area contributed by atoms with Crippen LogP contribution in [0.15, 0.2) is 36.4 Å². The van der Waals surface area contributed by atoms with Gasteiger partial charge in [0.1, 0.15) is 11.5 Å². The molecule has 1 N–H and O–H groups in total. The van der Waals surface area contributed by atoms with Crippen LogP contribution in [0.3, 0.4) is 0 Å². The number of fused-ring (bicyclic) bond motifs is 1. The molecule has 3 rings (SSSR count). The lowest BCUT2D eigenvalue weighted by Gasteiger charge is -2.18. The van der Waals surface area contributed by atoms with E-state index in [1.165, 1.54) is 17.4 Å². The van der Waals surface area contributed by atoms with Crippen LogP contribution >= 0.6 is 11.3 Å². The molecule has 0 fully saturated rings. The van der Waals surface area contributed by atoms with Crippen molar-refractivity contribution in [2.45, 2.75) is 65.0 Å². The summed E-state index contributed by atoms with van der Waals surface area (Å²) in [5.74, 6) is 0.381. The predicted octanol–water partition coefficient (Wildman–Crippen LogP) is 8.00. The van der Waals surface area contributed by atoms with Crippen LogP contribution in [0.4, 0.5) is 13.2 Å². The number of rotatable bonds is 12. The standard InChI is InChI=1S/C27H31F3O4S/c1-4-6-7-19(26-17(3)22-10-8-20(27(28,29)30)15-24(22)35-26)12-13-33-21-9-11-23(18(5-2)14-21)34-16-25(31)32/h8-11,14-15,19H,4-7,12-13,16H2,1-3H3,(H,31,32). The first-order chi connectivity index (χ1) is 16.6. The highest BCUT2D eigenvalue weighted by Crippen LogP contribution is 2.41.